The predicted octanol–water partition coefficient (Wildman–Crippen LogP) is 3.45. The molecule has 1 aromatic carbocycles. The molecule has 0 aliphatic rings. The highest BCUT2D eigenvalue weighted by molar-refractivity contribution is 5.15. The summed E-state index contributed by atoms with van der Waals surface area (Å²) >= 11 is 0. The lowest BCUT2D eigenvalue weighted by molar-refractivity contribution is 0.266. The molecule has 84 valence electrons. The van der Waals surface area contributed by atoms with E-state index in [4.69, 9.17) is 0 Å². The monoisotopic (exact) mass is 209 g/mol. The van der Waals surface area contributed by atoms with Crippen LogP contribution in [0.3, 0.4) is 0 Å². The van der Waals surface area contributed by atoms with Gasteiger partial charge in [0.2, 0.25) is 0 Å². The van der Waals surface area contributed by atoms with Gasteiger partial charge in [-0.25, -0.2) is 4.39 Å². The molecule has 1 rings (SSSR count). The van der Waals surface area contributed by atoms with Crippen LogP contribution >= 0.6 is 0 Å². The number of hydrogen-bond acceptors (Lipinski definition) is 1. The summed E-state index contributed by atoms with van der Waals surface area (Å²) in [5.41, 5.74) is 1.19. The van der Waals surface area contributed by atoms with Gasteiger partial charge in [-0.3, -0.25) is 4.90 Å². The fraction of sp³-hybridized carbons (Fsp3) is 0.538. The number of halogens is 1. The molecule has 0 radical (unpaired) electrons. The van der Waals surface area contributed by atoms with E-state index in [1.165, 1.54) is 30.5 Å². The first-order chi connectivity index (χ1) is 7.26. The van der Waals surface area contributed by atoms with Crippen LogP contribution in [0.5, 0.6) is 0 Å². The Labute approximate surface area is 91.9 Å². The van der Waals surface area contributed by atoms with Gasteiger partial charge in [0, 0.05) is 6.54 Å². The van der Waals surface area contributed by atoms with Gasteiger partial charge in [0.15, 0.2) is 0 Å². The number of nitrogens with zero attached hydrogens (tertiary/aromatic N) is 1. The van der Waals surface area contributed by atoms with Crippen LogP contribution in [0.25, 0.3) is 0 Å². The van der Waals surface area contributed by atoms with Gasteiger partial charge >= 0.3 is 0 Å². The van der Waals surface area contributed by atoms with Gasteiger partial charge in [-0.05, 0) is 43.6 Å². The van der Waals surface area contributed by atoms with Gasteiger partial charge < -0.3 is 0 Å². The van der Waals surface area contributed by atoms with Crippen molar-refractivity contribution in [3.8, 4) is 0 Å². The maximum atomic E-state index is 12.7. The Morgan fingerprint density at radius 1 is 1.00 bits per heavy atom. The van der Waals surface area contributed by atoms with E-state index >= 15 is 0 Å². The van der Waals surface area contributed by atoms with Crippen molar-refractivity contribution in [1.82, 2.24) is 4.90 Å². The fourth-order valence-electron chi connectivity index (χ4n) is 1.75. The van der Waals surface area contributed by atoms with Gasteiger partial charge in [-0.15, -0.1) is 0 Å². The molecule has 0 heterocycles. The average molecular weight is 209 g/mol. The Bertz CT molecular complexity index is 262. The Morgan fingerprint density at radius 3 is 2.00 bits per heavy atom. The Balaban J connectivity index is 2.53. The van der Waals surface area contributed by atoms with Crippen molar-refractivity contribution in [1.29, 1.82) is 0 Å². The summed E-state index contributed by atoms with van der Waals surface area (Å²) in [6.45, 7) is 7.54. The standard InChI is InChI=1S/C13H20FN/c1-3-9-15(10-4-2)11-12-5-7-13(14)8-6-12/h5-8H,3-4,9-11H2,1-2H3. The molecule has 0 spiro atoms. The smallest absolute Gasteiger partial charge is 0.123 e. The molecule has 0 aliphatic heterocycles. The average Bonchev–Trinajstić information content (AvgIpc) is 2.22. The number of hydrogen-bond donors (Lipinski definition) is 0. The molecule has 0 aliphatic carbocycles. The summed E-state index contributed by atoms with van der Waals surface area (Å²) in [7, 11) is 0. The predicted molar refractivity (Wildman–Crippen MR) is 62.3 cm³/mol. The third-order valence-electron chi connectivity index (χ3n) is 2.40. The second-order valence-electron chi connectivity index (χ2n) is 3.90. The summed E-state index contributed by atoms with van der Waals surface area (Å²) in [5, 5.41) is 0. The van der Waals surface area contributed by atoms with Crippen LogP contribution in [0.4, 0.5) is 4.39 Å². The van der Waals surface area contributed by atoms with Crippen LogP contribution in [0.1, 0.15) is 32.3 Å². The van der Waals surface area contributed by atoms with Crippen LogP contribution in [-0.4, -0.2) is 18.0 Å². The summed E-state index contributed by atoms with van der Waals surface area (Å²) in [4.78, 5) is 2.41. The third-order valence-corrected chi connectivity index (χ3v) is 2.40. The highest BCUT2D eigenvalue weighted by atomic mass is 19.1. The molecular formula is C13H20FN. The van der Waals surface area contributed by atoms with Gasteiger partial charge in [-0.1, -0.05) is 26.0 Å². The van der Waals surface area contributed by atoms with E-state index in [0.29, 0.717) is 0 Å². The summed E-state index contributed by atoms with van der Waals surface area (Å²) in [6, 6.07) is 6.80. The minimum atomic E-state index is -0.156. The number of benzene rings is 1. The minimum Gasteiger partial charge on any atom is -0.299 e. The molecule has 1 aromatic rings. The van der Waals surface area contributed by atoms with Crippen LogP contribution in [0.2, 0.25) is 0 Å². The topological polar surface area (TPSA) is 3.24 Å². The first kappa shape index (κ1) is 12.2. The van der Waals surface area contributed by atoms with Crippen LogP contribution < -0.4 is 0 Å². The molecule has 0 aromatic heterocycles. The van der Waals surface area contributed by atoms with E-state index < -0.39 is 0 Å². The van der Waals surface area contributed by atoms with Crippen molar-refractivity contribution in [3.05, 3.63) is 35.6 Å². The molecule has 0 atom stereocenters. The number of rotatable bonds is 6. The van der Waals surface area contributed by atoms with Crippen molar-refractivity contribution in [2.45, 2.75) is 33.2 Å². The van der Waals surface area contributed by atoms with Gasteiger partial charge in [-0.2, -0.15) is 0 Å². The van der Waals surface area contributed by atoms with Crippen LogP contribution in [-0.2, 0) is 6.54 Å². The van der Waals surface area contributed by atoms with Crippen molar-refractivity contribution in [2.24, 2.45) is 0 Å². The molecule has 0 amide bonds. The normalized spacial score (nSPS) is 10.9. The van der Waals surface area contributed by atoms with E-state index in [-0.39, 0.29) is 5.82 Å². The van der Waals surface area contributed by atoms with Crippen LogP contribution in [0.15, 0.2) is 24.3 Å². The minimum absolute atomic E-state index is 0.156. The lowest BCUT2D eigenvalue weighted by atomic mass is 10.2. The van der Waals surface area contributed by atoms with E-state index in [2.05, 4.69) is 18.7 Å². The van der Waals surface area contributed by atoms with Gasteiger partial charge in [0.05, 0.1) is 0 Å². The second-order valence-corrected chi connectivity index (χ2v) is 3.90. The molecule has 15 heavy (non-hydrogen) atoms. The first-order valence-electron chi connectivity index (χ1n) is 5.73. The zero-order valence-corrected chi connectivity index (χ0v) is 9.67. The molecular weight excluding hydrogens is 189 g/mol. The molecule has 0 unspecified atom stereocenters. The van der Waals surface area contributed by atoms with Gasteiger partial charge in [0.1, 0.15) is 5.82 Å². The maximum Gasteiger partial charge on any atom is 0.123 e. The summed E-state index contributed by atoms with van der Waals surface area (Å²) in [5.74, 6) is -0.156. The van der Waals surface area contributed by atoms with Crippen LogP contribution in [0, 0.1) is 5.82 Å². The maximum absolute atomic E-state index is 12.7. The molecule has 2 heteroatoms. The first-order valence-corrected chi connectivity index (χ1v) is 5.73. The quantitative estimate of drug-likeness (QED) is 0.693. The largest absolute Gasteiger partial charge is 0.299 e. The second kappa shape index (κ2) is 6.57. The highest BCUT2D eigenvalue weighted by Crippen LogP contribution is 2.07. The molecule has 0 bridgehead atoms. The molecule has 0 fully saturated rings. The fourth-order valence-corrected chi connectivity index (χ4v) is 1.75. The summed E-state index contributed by atoms with van der Waals surface area (Å²) in [6.07, 6.45) is 2.34. The molecule has 0 saturated heterocycles. The highest BCUT2D eigenvalue weighted by Gasteiger charge is 2.03. The van der Waals surface area contributed by atoms with E-state index in [9.17, 15) is 4.39 Å². The van der Waals surface area contributed by atoms with Gasteiger partial charge in [0.25, 0.3) is 0 Å². The van der Waals surface area contributed by atoms with Crippen molar-refractivity contribution in [2.75, 3.05) is 13.1 Å². The lowest BCUT2D eigenvalue weighted by Crippen LogP contribution is -2.24. The zero-order valence-electron chi connectivity index (χ0n) is 9.67. The Hall–Kier alpha value is -0.890. The molecule has 0 N–H and O–H groups in total. The SMILES string of the molecule is CCCN(CCC)Cc1ccc(F)cc1. The summed E-state index contributed by atoms with van der Waals surface area (Å²) < 4.78 is 12.7. The Kier molecular flexibility index (Phi) is 5.33. The zero-order chi connectivity index (χ0) is 11.1. The van der Waals surface area contributed by atoms with Crippen molar-refractivity contribution in [3.63, 3.8) is 0 Å². The van der Waals surface area contributed by atoms with Crippen molar-refractivity contribution >= 4 is 0 Å². The molecule has 0 saturated carbocycles. The van der Waals surface area contributed by atoms with E-state index in [1.807, 2.05) is 12.1 Å². The molecule has 1 nitrogen and oxygen atoms in total. The van der Waals surface area contributed by atoms with Crippen molar-refractivity contribution < 1.29 is 4.39 Å². The lowest BCUT2D eigenvalue weighted by Gasteiger charge is -2.20. The Morgan fingerprint density at radius 2 is 1.53 bits per heavy atom. The third kappa shape index (κ3) is 4.43. The van der Waals surface area contributed by atoms with E-state index in [1.54, 1.807) is 0 Å². The van der Waals surface area contributed by atoms with E-state index in [0.717, 1.165) is 19.6 Å².